The van der Waals surface area contributed by atoms with Crippen LogP contribution < -0.4 is 14.4 Å². The number of ether oxygens (including phenoxy) is 2. The molecule has 0 aliphatic carbocycles. The third-order valence-electron chi connectivity index (χ3n) is 8.75. The molecule has 1 fully saturated rings. The van der Waals surface area contributed by atoms with Crippen LogP contribution in [-0.2, 0) is 24.4 Å². The van der Waals surface area contributed by atoms with E-state index in [0.29, 0.717) is 56.3 Å². The first kappa shape index (κ1) is 34.7. The number of aliphatic hydroxyl groups is 1. The van der Waals surface area contributed by atoms with Crippen LogP contribution in [0.3, 0.4) is 0 Å². The van der Waals surface area contributed by atoms with E-state index in [0.717, 1.165) is 64.6 Å². The fraction of sp³-hybridized carbons (Fsp3) is 0.543. The number of carbonyl (C=O) groups is 1. The van der Waals surface area contributed by atoms with Gasteiger partial charge in [0.2, 0.25) is 0 Å². The Morgan fingerprint density at radius 3 is 2.51 bits per heavy atom. The number of rotatable bonds is 11. The smallest absolute Gasteiger partial charge is 0.306 e. The molecule has 5 rings (SSSR count). The SMILES string of the molecule is CCCC(CC)N1CCc2c(F)c(COc3ccc(C)cc3-c3csc(N4CCC(C(=O)O)CC4)n3)cc(OC)c2C1.CCO. The highest BCUT2D eigenvalue weighted by molar-refractivity contribution is 7.14. The van der Waals surface area contributed by atoms with Crippen molar-refractivity contribution in [3.05, 3.63) is 57.7 Å². The first-order valence-electron chi connectivity index (χ1n) is 16.1. The van der Waals surface area contributed by atoms with Gasteiger partial charge in [0.15, 0.2) is 5.13 Å². The maximum Gasteiger partial charge on any atom is 0.306 e. The molecule has 2 aliphatic heterocycles. The molecule has 1 saturated heterocycles. The summed E-state index contributed by atoms with van der Waals surface area (Å²) in [6.45, 7) is 11.4. The lowest BCUT2D eigenvalue weighted by Gasteiger charge is -2.36. The molecular weight excluding hydrogens is 593 g/mol. The first-order chi connectivity index (χ1) is 21.7. The van der Waals surface area contributed by atoms with Gasteiger partial charge in [-0.2, -0.15) is 0 Å². The van der Waals surface area contributed by atoms with Crippen LogP contribution in [-0.4, -0.2) is 65.5 Å². The number of aliphatic carboxylic acids is 1. The number of carboxylic acids is 1. The highest BCUT2D eigenvalue weighted by Crippen LogP contribution is 2.38. The Kier molecular flexibility index (Phi) is 12.6. The molecule has 0 amide bonds. The Balaban J connectivity index is 0.00000148. The number of hydrogen-bond acceptors (Lipinski definition) is 8. The van der Waals surface area contributed by atoms with E-state index in [9.17, 15) is 9.90 Å². The number of nitrogens with zero attached hydrogens (tertiary/aromatic N) is 3. The molecule has 45 heavy (non-hydrogen) atoms. The number of aliphatic hydroxyl groups excluding tert-OH is 1. The fourth-order valence-corrected chi connectivity index (χ4v) is 7.19. The zero-order valence-electron chi connectivity index (χ0n) is 27.3. The maximum atomic E-state index is 15.9. The fourth-order valence-electron chi connectivity index (χ4n) is 6.31. The van der Waals surface area contributed by atoms with Gasteiger partial charge in [0.1, 0.15) is 23.9 Å². The summed E-state index contributed by atoms with van der Waals surface area (Å²) in [6, 6.07) is 8.26. The normalized spacial score (nSPS) is 16.0. The molecule has 0 spiro atoms. The van der Waals surface area contributed by atoms with E-state index < -0.39 is 5.97 Å². The lowest BCUT2D eigenvalue weighted by molar-refractivity contribution is -0.142. The summed E-state index contributed by atoms with van der Waals surface area (Å²) in [5, 5.41) is 19.8. The Labute approximate surface area is 270 Å². The number of hydrogen-bond donors (Lipinski definition) is 2. The second kappa shape index (κ2) is 16.4. The van der Waals surface area contributed by atoms with E-state index in [1.165, 1.54) is 0 Å². The third kappa shape index (κ3) is 8.34. The van der Waals surface area contributed by atoms with Crippen molar-refractivity contribution in [2.75, 3.05) is 38.3 Å². The molecule has 2 aromatic carbocycles. The first-order valence-corrected chi connectivity index (χ1v) is 17.0. The molecule has 246 valence electrons. The van der Waals surface area contributed by atoms with Crippen LogP contribution in [0.15, 0.2) is 29.6 Å². The Bertz CT molecular complexity index is 1420. The highest BCUT2D eigenvalue weighted by atomic mass is 32.1. The quantitative estimate of drug-likeness (QED) is 0.229. The molecule has 3 heterocycles. The van der Waals surface area contributed by atoms with Gasteiger partial charge in [0.05, 0.1) is 18.7 Å². The van der Waals surface area contributed by atoms with Crippen molar-refractivity contribution < 1.29 is 28.9 Å². The summed E-state index contributed by atoms with van der Waals surface area (Å²) < 4.78 is 28.0. The topological polar surface area (TPSA) is 95.4 Å². The van der Waals surface area contributed by atoms with Gasteiger partial charge in [-0.3, -0.25) is 9.69 Å². The van der Waals surface area contributed by atoms with Gasteiger partial charge in [-0.05, 0) is 69.7 Å². The van der Waals surface area contributed by atoms with Crippen molar-refractivity contribution >= 4 is 22.4 Å². The number of carboxylic acid groups (broad SMARTS) is 1. The number of aryl methyl sites for hydroxylation is 1. The number of thiazole rings is 1. The van der Waals surface area contributed by atoms with Crippen LogP contribution in [0.1, 0.15) is 75.1 Å². The van der Waals surface area contributed by atoms with Crippen LogP contribution in [0.25, 0.3) is 11.3 Å². The monoisotopic (exact) mass is 641 g/mol. The van der Waals surface area contributed by atoms with Crippen molar-refractivity contribution in [3.63, 3.8) is 0 Å². The van der Waals surface area contributed by atoms with E-state index in [4.69, 9.17) is 19.6 Å². The van der Waals surface area contributed by atoms with Gasteiger partial charge in [-0.25, -0.2) is 9.37 Å². The number of aromatic nitrogens is 1. The van der Waals surface area contributed by atoms with E-state index in [-0.39, 0.29) is 24.9 Å². The summed E-state index contributed by atoms with van der Waals surface area (Å²) in [4.78, 5) is 20.9. The zero-order chi connectivity index (χ0) is 32.5. The molecule has 0 saturated carbocycles. The Hall–Kier alpha value is -3.21. The largest absolute Gasteiger partial charge is 0.496 e. The molecule has 0 bridgehead atoms. The van der Waals surface area contributed by atoms with Crippen molar-refractivity contribution in [3.8, 4) is 22.8 Å². The number of anilines is 1. The number of halogens is 1. The Morgan fingerprint density at radius 1 is 1.13 bits per heavy atom. The second-order valence-corrected chi connectivity index (χ2v) is 12.6. The van der Waals surface area contributed by atoms with Crippen molar-refractivity contribution in [1.29, 1.82) is 0 Å². The third-order valence-corrected chi connectivity index (χ3v) is 9.66. The lowest BCUT2D eigenvalue weighted by Crippen LogP contribution is -2.39. The van der Waals surface area contributed by atoms with Gasteiger partial charge in [0.25, 0.3) is 0 Å². The molecule has 2 aliphatic rings. The molecule has 0 radical (unpaired) electrons. The van der Waals surface area contributed by atoms with Crippen LogP contribution in [0.4, 0.5) is 9.52 Å². The summed E-state index contributed by atoms with van der Waals surface area (Å²) in [5.74, 6) is 0.176. The van der Waals surface area contributed by atoms with Gasteiger partial charge >= 0.3 is 5.97 Å². The van der Waals surface area contributed by atoms with Crippen LogP contribution in [0.5, 0.6) is 11.5 Å². The average molecular weight is 642 g/mol. The Morgan fingerprint density at radius 2 is 1.87 bits per heavy atom. The molecule has 10 heteroatoms. The molecule has 8 nitrogen and oxygen atoms in total. The summed E-state index contributed by atoms with van der Waals surface area (Å²) in [7, 11) is 1.66. The van der Waals surface area contributed by atoms with Crippen LogP contribution >= 0.6 is 11.3 Å². The molecule has 1 unspecified atom stereocenters. The standard InChI is InChI=1S/C33H42FN3O4S.C2H6O/c1-5-7-24(6-2)37-15-12-25-27(18-37)30(40-4)17-23(31(25)34)19-41-29-9-8-21(3)16-26(29)28-20-42-33(35-28)36-13-10-22(11-14-36)32(38)39;1-2-3/h8-9,16-17,20,22,24H,5-7,10-15,18-19H2,1-4H3,(H,38,39);3H,2H2,1H3. The van der Waals surface area contributed by atoms with Gasteiger partial charge < -0.3 is 24.6 Å². The highest BCUT2D eigenvalue weighted by Gasteiger charge is 2.29. The summed E-state index contributed by atoms with van der Waals surface area (Å²) in [5.41, 5.74) is 4.93. The van der Waals surface area contributed by atoms with Gasteiger partial charge in [-0.1, -0.05) is 31.9 Å². The summed E-state index contributed by atoms with van der Waals surface area (Å²) in [6.07, 6.45) is 5.27. The minimum Gasteiger partial charge on any atom is -0.496 e. The van der Waals surface area contributed by atoms with Crippen molar-refractivity contribution in [2.45, 2.75) is 85.4 Å². The van der Waals surface area contributed by atoms with Gasteiger partial charge in [0, 0.05) is 60.9 Å². The minimum atomic E-state index is -0.719. The number of benzene rings is 2. The van der Waals surface area contributed by atoms with Gasteiger partial charge in [-0.15, -0.1) is 11.3 Å². The van der Waals surface area contributed by atoms with Crippen molar-refractivity contribution in [1.82, 2.24) is 9.88 Å². The molecule has 2 N–H and O–H groups in total. The van der Waals surface area contributed by atoms with E-state index in [1.807, 2.05) is 30.5 Å². The lowest BCUT2D eigenvalue weighted by atomic mass is 9.93. The average Bonchev–Trinajstić information content (AvgIpc) is 3.54. The van der Waals surface area contributed by atoms with E-state index in [2.05, 4.69) is 23.6 Å². The molecule has 1 atom stereocenters. The number of piperidine rings is 1. The van der Waals surface area contributed by atoms with Crippen LogP contribution in [0, 0.1) is 18.7 Å². The minimum absolute atomic E-state index is 0.0857. The summed E-state index contributed by atoms with van der Waals surface area (Å²) >= 11 is 1.55. The van der Waals surface area contributed by atoms with Crippen LogP contribution in [0.2, 0.25) is 0 Å². The molecule has 3 aromatic rings. The van der Waals surface area contributed by atoms with Crippen molar-refractivity contribution in [2.24, 2.45) is 5.92 Å². The van der Waals surface area contributed by atoms with E-state index >= 15 is 4.39 Å². The number of fused-ring (bicyclic) bond motifs is 1. The zero-order valence-corrected chi connectivity index (χ0v) is 28.1. The molecular formula is C35H48FN3O5S. The number of methoxy groups -OCH3 is 1. The molecule has 1 aromatic heterocycles. The predicted octanol–water partition coefficient (Wildman–Crippen LogP) is 7.08. The predicted molar refractivity (Wildman–Crippen MR) is 178 cm³/mol. The second-order valence-electron chi connectivity index (χ2n) is 11.8. The maximum absolute atomic E-state index is 15.9. The van der Waals surface area contributed by atoms with E-state index in [1.54, 1.807) is 31.4 Å².